The Morgan fingerprint density at radius 3 is 2.33 bits per heavy atom. The van der Waals surface area contributed by atoms with Gasteiger partial charge in [-0.3, -0.25) is 18.7 Å². The van der Waals surface area contributed by atoms with E-state index in [1.54, 1.807) is 6.08 Å². The molecule has 30 heavy (non-hydrogen) atoms. The molecule has 0 aromatic carbocycles. The molecule has 1 unspecified atom stereocenters. The number of amides is 1. The Labute approximate surface area is 173 Å². The maximum absolute atomic E-state index is 11.2. The number of nitrogens with one attached hydrogen (secondary N) is 1. The van der Waals surface area contributed by atoms with E-state index in [2.05, 4.69) is 4.18 Å². The van der Waals surface area contributed by atoms with Crippen molar-refractivity contribution in [2.24, 2.45) is 5.73 Å². The molecule has 2 heterocycles. The van der Waals surface area contributed by atoms with Gasteiger partial charge in [0.1, 0.15) is 13.2 Å². The van der Waals surface area contributed by atoms with Crippen LogP contribution in [-0.2, 0) is 33.4 Å². The van der Waals surface area contributed by atoms with Crippen LogP contribution < -0.4 is 10.6 Å². The van der Waals surface area contributed by atoms with Gasteiger partial charge in [0.25, 0.3) is 0 Å². The second-order valence-corrected chi connectivity index (χ2v) is 7.56. The molecule has 0 saturated carbocycles. The van der Waals surface area contributed by atoms with Crippen LogP contribution in [-0.4, -0.2) is 58.4 Å². The van der Waals surface area contributed by atoms with Crippen molar-refractivity contribution in [2.75, 3.05) is 20.3 Å². The summed E-state index contributed by atoms with van der Waals surface area (Å²) in [7, 11) is -4.89. The van der Waals surface area contributed by atoms with Crippen LogP contribution >= 0.6 is 0 Å². The second kappa shape index (κ2) is 12.7. The van der Waals surface area contributed by atoms with E-state index in [9.17, 15) is 31.2 Å². The van der Waals surface area contributed by atoms with Crippen molar-refractivity contribution in [1.29, 1.82) is 0 Å². The molecule has 3 N–H and O–H groups in total. The van der Waals surface area contributed by atoms with Crippen LogP contribution in [0.4, 0.5) is 13.2 Å². The fourth-order valence-electron chi connectivity index (χ4n) is 2.42. The minimum absolute atomic E-state index is 0.0140. The number of hydrogen-bond acceptors (Lipinski definition) is 7. The third kappa shape index (κ3) is 9.24. The number of carbonyl (C=O) groups excluding carboxylic acids is 2. The average Bonchev–Trinajstić information content (AvgIpc) is 3.17. The van der Waals surface area contributed by atoms with Gasteiger partial charge in [-0.1, -0.05) is 13.8 Å². The van der Waals surface area contributed by atoms with Gasteiger partial charge in [-0.15, -0.1) is 0 Å². The average molecular weight is 461 g/mol. The number of rotatable bonds is 5. The van der Waals surface area contributed by atoms with Crippen molar-refractivity contribution in [2.45, 2.75) is 51.5 Å². The highest BCUT2D eigenvalue weighted by atomic mass is 32.2. The van der Waals surface area contributed by atoms with Crippen LogP contribution in [0.15, 0.2) is 23.9 Å². The highest BCUT2D eigenvalue weighted by Crippen LogP contribution is 2.23. The number of esters is 1. The van der Waals surface area contributed by atoms with Crippen LogP contribution in [0.3, 0.4) is 0 Å². The van der Waals surface area contributed by atoms with Crippen LogP contribution in [0.25, 0.3) is 0 Å². The Balaban J connectivity index is 0.000000648. The smallest absolute Gasteiger partial charge is 0.463 e. The number of halogens is 3. The summed E-state index contributed by atoms with van der Waals surface area (Å²) in [4.78, 5) is 23.0. The molecule has 0 radical (unpaired) electrons. The van der Waals surface area contributed by atoms with Crippen molar-refractivity contribution < 1.29 is 49.7 Å². The van der Waals surface area contributed by atoms with Crippen molar-refractivity contribution in [3.05, 3.63) is 23.9 Å². The number of ether oxygens (including phenoxy) is 2. The first-order valence-corrected chi connectivity index (χ1v) is 10.5. The minimum atomic E-state index is -5.34. The lowest BCUT2D eigenvalue weighted by atomic mass is 10.1. The monoisotopic (exact) mass is 461 g/mol. The van der Waals surface area contributed by atoms with Gasteiger partial charge >= 0.3 is 21.6 Å². The molecule has 1 saturated heterocycles. The standard InChI is InChI=1S/C13H18N2O4.C2H3F3O3S.C2H6/c1-9(16)18-8-11-4-5-12(19-11)15-6-2-3-10(7-15)13(14)17;1-8-9(6,7)2(3,4)5;1-2/h2-3,6,11-12H,4-5,7-8H2,1H3,(H2,14,17);1H3;1-2H3/p+1/t11-,12+;;/m0../s1. The van der Waals surface area contributed by atoms with E-state index in [1.807, 2.05) is 26.1 Å². The molecule has 13 heteroatoms. The molecule has 2 aliphatic heterocycles. The Morgan fingerprint density at radius 1 is 1.30 bits per heavy atom. The quantitative estimate of drug-likeness (QED) is 0.344. The van der Waals surface area contributed by atoms with E-state index in [4.69, 9.17) is 15.2 Å². The molecule has 3 atom stereocenters. The number of hydrogen-bond donors (Lipinski definition) is 2. The summed E-state index contributed by atoms with van der Waals surface area (Å²) in [5.41, 5.74) is 0.581. The molecule has 0 bridgehead atoms. The zero-order valence-corrected chi connectivity index (χ0v) is 18.0. The molecule has 0 spiro atoms. The lowest BCUT2D eigenvalue weighted by molar-refractivity contribution is -0.894. The lowest BCUT2D eigenvalue weighted by Gasteiger charge is -2.24. The maximum atomic E-state index is 11.2. The number of quaternary nitrogens is 1. The maximum Gasteiger partial charge on any atom is 0.523 e. The third-order valence-electron chi connectivity index (χ3n) is 3.82. The second-order valence-electron chi connectivity index (χ2n) is 5.86. The molecule has 9 nitrogen and oxygen atoms in total. The molecule has 0 aliphatic carbocycles. The highest BCUT2D eigenvalue weighted by molar-refractivity contribution is 7.87. The van der Waals surface area contributed by atoms with Crippen molar-refractivity contribution in [1.82, 2.24) is 0 Å². The summed E-state index contributed by atoms with van der Waals surface area (Å²) in [5.74, 6) is -0.687. The van der Waals surface area contributed by atoms with Crippen LogP contribution in [0, 0.1) is 0 Å². The lowest BCUT2D eigenvalue weighted by Crippen LogP contribution is -3.12. The van der Waals surface area contributed by atoms with Crippen molar-refractivity contribution in [3.63, 3.8) is 0 Å². The Hall–Kier alpha value is -1.96. The van der Waals surface area contributed by atoms with Gasteiger partial charge in [0, 0.05) is 13.3 Å². The van der Waals surface area contributed by atoms with Gasteiger partial charge in [0.15, 0.2) is 6.23 Å². The largest absolute Gasteiger partial charge is 0.523 e. The van der Waals surface area contributed by atoms with Crippen LogP contribution in [0.1, 0.15) is 33.6 Å². The van der Waals surface area contributed by atoms with Crippen LogP contribution in [0.5, 0.6) is 0 Å². The van der Waals surface area contributed by atoms with E-state index >= 15 is 0 Å². The van der Waals surface area contributed by atoms with E-state index in [-0.39, 0.29) is 18.3 Å². The summed E-state index contributed by atoms with van der Waals surface area (Å²) < 4.78 is 66.6. The van der Waals surface area contributed by atoms with E-state index < -0.39 is 21.5 Å². The molecule has 0 aromatic rings. The van der Waals surface area contributed by atoms with Gasteiger partial charge in [-0.25, -0.2) is 0 Å². The normalized spacial score (nSPS) is 23.3. The molecule has 1 amide bonds. The van der Waals surface area contributed by atoms with Gasteiger partial charge < -0.3 is 15.2 Å². The third-order valence-corrected chi connectivity index (χ3v) is 4.82. The Bertz CT molecular complexity index is 736. The van der Waals surface area contributed by atoms with E-state index in [1.165, 1.54) is 6.92 Å². The minimum Gasteiger partial charge on any atom is -0.463 e. The molecular formula is C17H28F3N2O7S+. The Kier molecular flexibility index (Phi) is 11.8. The fourth-order valence-corrected chi connectivity index (χ4v) is 2.61. The number of nitrogens with two attached hydrogens (primary N) is 1. The first kappa shape index (κ1) is 28.0. The van der Waals surface area contributed by atoms with Crippen molar-refractivity contribution in [3.8, 4) is 0 Å². The molecular weight excluding hydrogens is 433 g/mol. The van der Waals surface area contributed by atoms with Gasteiger partial charge in [0.2, 0.25) is 5.91 Å². The van der Waals surface area contributed by atoms with Crippen molar-refractivity contribution >= 4 is 22.0 Å². The highest BCUT2D eigenvalue weighted by Gasteiger charge is 2.46. The molecule has 2 aliphatic rings. The summed E-state index contributed by atoms with van der Waals surface area (Å²) >= 11 is 0. The first-order valence-electron chi connectivity index (χ1n) is 9.05. The summed E-state index contributed by atoms with van der Waals surface area (Å²) in [6, 6.07) is 0. The van der Waals surface area contributed by atoms with Crippen LogP contribution in [0.2, 0.25) is 0 Å². The SMILES string of the molecule is CC.CC(=O)OC[C@@H]1CC[C@H]([NH+]2C=CC=C(C(N)=O)C2)O1.COS(=O)(=O)C(F)(F)F. The first-order chi connectivity index (χ1) is 13.9. The predicted molar refractivity (Wildman–Crippen MR) is 100 cm³/mol. The van der Waals surface area contributed by atoms with Gasteiger partial charge in [-0.2, -0.15) is 21.6 Å². The Morgan fingerprint density at radius 2 is 1.90 bits per heavy atom. The predicted octanol–water partition coefficient (Wildman–Crippen LogP) is 0.387. The topological polar surface area (TPSA) is 126 Å². The van der Waals surface area contributed by atoms with E-state index in [0.717, 1.165) is 17.7 Å². The van der Waals surface area contributed by atoms with Gasteiger partial charge in [0.05, 0.1) is 25.0 Å². The zero-order valence-electron chi connectivity index (χ0n) is 17.2. The molecule has 1 fully saturated rings. The fraction of sp³-hybridized carbons (Fsp3) is 0.647. The number of primary amides is 1. The number of alkyl halides is 3. The van der Waals surface area contributed by atoms with Gasteiger partial charge in [-0.05, 0) is 18.6 Å². The molecule has 0 aromatic heterocycles. The number of carbonyl (C=O) groups is 2. The summed E-state index contributed by atoms with van der Waals surface area (Å²) in [6.07, 6.45) is 7.17. The zero-order chi connectivity index (χ0) is 23.5. The summed E-state index contributed by atoms with van der Waals surface area (Å²) in [6.45, 7) is 6.22. The molecule has 2 rings (SSSR count). The summed E-state index contributed by atoms with van der Waals surface area (Å²) in [5, 5.41) is 0. The van der Waals surface area contributed by atoms with E-state index in [0.29, 0.717) is 25.8 Å². The molecule has 174 valence electrons. The number of allylic oxidation sites excluding steroid dienone is 2.